The molecule has 2 amide bonds. The maximum atomic E-state index is 12.9. The van der Waals surface area contributed by atoms with E-state index in [-0.39, 0.29) is 11.8 Å². The summed E-state index contributed by atoms with van der Waals surface area (Å²) in [6.45, 7) is 2.40. The van der Waals surface area contributed by atoms with Gasteiger partial charge in [0.25, 0.3) is 5.91 Å². The third kappa shape index (κ3) is 2.56. The van der Waals surface area contributed by atoms with Crippen molar-refractivity contribution in [1.29, 1.82) is 0 Å². The second kappa shape index (κ2) is 5.84. The molecule has 3 aliphatic rings. The lowest BCUT2D eigenvalue weighted by atomic mass is 10.1. The first-order chi connectivity index (χ1) is 11.2. The lowest BCUT2D eigenvalue weighted by Crippen LogP contribution is -2.41. The Hall–Kier alpha value is -2.10. The average Bonchev–Trinajstić information content (AvgIpc) is 3.09. The van der Waals surface area contributed by atoms with Gasteiger partial charge in [0, 0.05) is 31.3 Å². The highest BCUT2D eigenvalue weighted by Gasteiger charge is 2.35. The van der Waals surface area contributed by atoms with E-state index in [0.717, 1.165) is 37.3 Å². The minimum atomic E-state index is -0.0304. The molecular formula is C19H22N2O2. The summed E-state index contributed by atoms with van der Waals surface area (Å²) in [5.74, 6) is 0.557. The van der Waals surface area contributed by atoms with E-state index >= 15 is 0 Å². The van der Waals surface area contributed by atoms with E-state index in [9.17, 15) is 9.59 Å². The minimum absolute atomic E-state index is 0.00743. The van der Waals surface area contributed by atoms with Gasteiger partial charge in [0.15, 0.2) is 0 Å². The van der Waals surface area contributed by atoms with Crippen molar-refractivity contribution in [3.05, 3.63) is 35.9 Å². The highest BCUT2D eigenvalue weighted by Crippen LogP contribution is 2.38. The van der Waals surface area contributed by atoms with Crippen LogP contribution in [-0.4, -0.2) is 36.3 Å². The molecule has 2 aliphatic heterocycles. The highest BCUT2D eigenvalue weighted by molar-refractivity contribution is 6.34. The molecule has 1 aromatic rings. The zero-order valence-corrected chi connectivity index (χ0v) is 13.3. The maximum absolute atomic E-state index is 12.9. The first-order valence-corrected chi connectivity index (χ1v) is 8.66. The molecule has 1 aliphatic carbocycles. The third-order valence-electron chi connectivity index (χ3n) is 5.31. The number of amides is 2. The number of anilines is 1. The van der Waals surface area contributed by atoms with Gasteiger partial charge in [0.1, 0.15) is 0 Å². The molecule has 120 valence electrons. The van der Waals surface area contributed by atoms with E-state index in [1.54, 1.807) is 11.0 Å². The second-order valence-corrected chi connectivity index (χ2v) is 6.82. The summed E-state index contributed by atoms with van der Waals surface area (Å²) in [5, 5.41) is 0. The Morgan fingerprint density at radius 1 is 1.13 bits per heavy atom. The van der Waals surface area contributed by atoms with Crippen LogP contribution < -0.4 is 4.90 Å². The van der Waals surface area contributed by atoms with Crippen molar-refractivity contribution < 1.29 is 9.59 Å². The van der Waals surface area contributed by atoms with Gasteiger partial charge in [-0.2, -0.15) is 0 Å². The number of rotatable bonds is 3. The lowest BCUT2D eigenvalue weighted by Gasteiger charge is -2.29. The summed E-state index contributed by atoms with van der Waals surface area (Å²) < 4.78 is 0. The summed E-state index contributed by atoms with van der Waals surface area (Å²) >= 11 is 0. The topological polar surface area (TPSA) is 40.6 Å². The predicted octanol–water partition coefficient (Wildman–Crippen LogP) is 2.84. The average molecular weight is 310 g/mol. The Balaban J connectivity index is 1.63. The number of likely N-dealkylation sites (tertiary alicyclic amines) is 1. The van der Waals surface area contributed by atoms with Crippen LogP contribution in [0.2, 0.25) is 0 Å². The molecule has 4 nitrogen and oxygen atoms in total. The predicted molar refractivity (Wildman–Crippen MR) is 89.9 cm³/mol. The fourth-order valence-corrected chi connectivity index (χ4v) is 3.83. The molecule has 4 heteroatoms. The Morgan fingerprint density at radius 2 is 1.87 bits per heavy atom. The first kappa shape index (κ1) is 14.5. The van der Waals surface area contributed by atoms with Crippen molar-refractivity contribution in [3.8, 4) is 0 Å². The van der Waals surface area contributed by atoms with E-state index in [2.05, 4.69) is 0 Å². The van der Waals surface area contributed by atoms with Crippen LogP contribution in [0.15, 0.2) is 30.3 Å². The molecule has 0 aromatic heterocycles. The molecule has 4 rings (SSSR count). The molecule has 1 saturated carbocycles. The third-order valence-corrected chi connectivity index (χ3v) is 5.31. The van der Waals surface area contributed by atoms with Crippen molar-refractivity contribution in [3.63, 3.8) is 0 Å². The number of nitrogens with zero attached hydrogens (tertiary/aromatic N) is 2. The van der Waals surface area contributed by atoms with E-state index in [1.807, 2.05) is 29.2 Å². The van der Waals surface area contributed by atoms with Gasteiger partial charge in [-0.3, -0.25) is 9.59 Å². The summed E-state index contributed by atoms with van der Waals surface area (Å²) in [7, 11) is 0. The van der Waals surface area contributed by atoms with Gasteiger partial charge in [-0.1, -0.05) is 31.0 Å². The SMILES string of the molecule is O=C(/C=C1/C(=O)N(CC2CCCC2)c2ccccc21)N1CCC1. The monoisotopic (exact) mass is 310 g/mol. The number of hydrogen-bond donors (Lipinski definition) is 0. The van der Waals surface area contributed by atoms with E-state index < -0.39 is 0 Å². The van der Waals surface area contributed by atoms with Crippen molar-refractivity contribution in [2.24, 2.45) is 5.92 Å². The van der Waals surface area contributed by atoms with Crippen LogP contribution in [0.1, 0.15) is 37.7 Å². The van der Waals surface area contributed by atoms with E-state index in [1.165, 1.54) is 25.7 Å². The maximum Gasteiger partial charge on any atom is 0.259 e. The standard InChI is InChI=1S/C19H22N2O2/c22-18(20-10-5-11-20)12-16-15-8-3-4-9-17(15)21(19(16)23)13-14-6-1-2-7-14/h3-4,8-9,12,14H,1-2,5-7,10-11,13H2/b16-12+. The quantitative estimate of drug-likeness (QED) is 0.806. The molecular weight excluding hydrogens is 288 g/mol. The largest absolute Gasteiger partial charge is 0.339 e. The van der Waals surface area contributed by atoms with Gasteiger partial charge in [0.05, 0.1) is 11.3 Å². The van der Waals surface area contributed by atoms with Crippen molar-refractivity contribution >= 4 is 23.1 Å². The van der Waals surface area contributed by atoms with E-state index in [0.29, 0.717) is 11.5 Å². The highest BCUT2D eigenvalue weighted by atomic mass is 16.2. The Labute approximate surface area is 136 Å². The van der Waals surface area contributed by atoms with Crippen molar-refractivity contribution in [1.82, 2.24) is 4.90 Å². The van der Waals surface area contributed by atoms with Crippen LogP contribution in [0.25, 0.3) is 5.57 Å². The summed E-state index contributed by atoms with van der Waals surface area (Å²) in [5.41, 5.74) is 2.44. The Kier molecular flexibility index (Phi) is 3.68. The molecule has 0 unspecified atom stereocenters. The summed E-state index contributed by atoms with van der Waals surface area (Å²) in [6, 6.07) is 7.86. The number of carbonyl (C=O) groups is 2. The summed E-state index contributed by atoms with van der Waals surface area (Å²) in [6.07, 6.45) is 7.56. The number of fused-ring (bicyclic) bond motifs is 1. The number of hydrogen-bond acceptors (Lipinski definition) is 2. The molecule has 0 atom stereocenters. The van der Waals surface area contributed by atoms with Crippen LogP contribution in [0.5, 0.6) is 0 Å². The molecule has 0 N–H and O–H groups in total. The summed E-state index contributed by atoms with van der Waals surface area (Å²) in [4.78, 5) is 28.9. The fourth-order valence-electron chi connectivity index (χ4n) is 3.83. The Morgan fingerprint density at radius 3 is 2.57 bits per heavy atom. The van der Waals surface area contributed by atoms with E-state index in [4.69, 9.17) is 0 Å². The molecule has 23 heavy (non-hydrogen) atoms. The normalized spacial score (nSPS) is 22.6. The first-order valence-electron chi connectivity index (χ1n) is 8.66. The lowest BCUT2D eigenvalue weighted by molar-refractivity contribution is -0.129. The smallest absolute Gasteiger partial charge is 0.259 e. The van der Waals surface area contributed by atoms with Crippen LogP contribution in [0.3, 0.4) is 0 Å². The molecule has 0 radical (unpaired) electrons. The minimum Gasteiger partial charge on any atom is -0.339 e. The van der Waals surface area contributed by atoms with Gasteiger partial charge >= 0.3 is 0 Å². The number of para-hydroxylation sites is 1. The van der Waals surface area contributed by atoms with Crippen LogP contribution in [0, 0.1) is 5.92 Å². The van der Waals surface area contributed by atoms with Gasteiger partial charge in [0.2, 0.25) is 5.91 Å². The molecule has 1 aromatic carbocycles. The van der Waals surface area contributed by atoms with Gasteiger partial charge in [-0.05, 0) is 31.2 Å². The molecule has 0 bridgehead atoms. The number of benzene rings is 1. The van der Waals surface area contributed by atoms with Gasteiger partial charge in [-0.15, -0.1) is 0 Å². The van der Waals surface area contributed by atoms with Crippen LogP contribution in [-0.2, 0) is 9.59 Å². The number of carbonyl (C=O) groups excluding carboxylic acids is 2. The fraction of sp³-hybridized carbons (Fsp3) is 0.474. The molecule has 0 spiro atoms. The van der Waals surface area contributed by atoms with Crippen molar-refractivity contribution in [2.75, 3.05) is 24.5 Å². The molecule has 2 heterocycles. The zero-order valence-electron chi connectivity index (χ0n) is 13.3. The van der Waals surface area contributed by atoms with Crippen LogP contribution >= 0.6 is 0 Å². The van der Waals surface area contributed by atoms with Crippen LogP contribution in [0.4, 0.5) is 5.69 Å². The second-order valence-electron chi connectivity index (χ2n) is 6.82. The Bertz CT molecular complexity index is 670. The molecule has 2 fully saturated rings. The zero-order chi connectivity index (χ0) is 15.8. The van der Waals surface area contributed by atoms with Gasteiger partial charge in [-0.25, -0.2) is 0 Å². The molecule has 1 saturated heterocycles. The van der Waals surface area contributed by atoms with Gasteiger partial charge < -0.3 is 9.80 Å². The van der Waals surface area contributed by atoms with Crippen molar-refractivity contribution in [2.45, 2.75) is 32.1 Å².